The van der Waals surface area contributed by atoms with E-state index in [-0.39, 0.29) is 118 Å². The summed E-state index contributed by atoms with van der Waals surface area (Å²) in [4.78, 5) is 114. The predicted octanol–water partition coefficient (Wildman–Crippen LogP) is 7.44. The number of imidazole rings is 1. The van der Waals surface area contributed by atoms with Gasteiger partial charge >= 0.3 is 12.2 Å². The maximum Gasteiger partial charge on any atom is 0.415 e. The number of ether oxygens (including phenoxy) is 3. The Morgan fingerprint density at radius 1 is 0.863 bits per heavy atom. The first kappa shape index (κ1) is 57.5. The standard InChI is InChI=1S/C58H61ClN8O13/c1-36-7-6-9-45-48(30-47-53(52(36)45)41(31-59)32-67(47)56(75)46-34-65-33-43(16-19-49(65)62-46)61-54(73)39-12-17-44(70)18-13-39)80-58(77)64(25-27-78-28-26-68)24-23-63(3)57(76)79-35-38-10-14-42(15-11-38)60-55(74)40(29-37(2)69)8-4-5-22-66-50(71)20-21-51(66)72/h6-7,9-21,30,33-34,40-41,68,70H,4-5,8,22-29,31-32,35H2,1-3H3,(H,60,74)(H,61,73)/t40-,41-/m1/s1. The van der Waals surface area contributed by atoms with Crippen molar-refractivity contribution in [2.75, 3.05) is 81.0 Å². The summed E-state index contributed by atoms with van der Waals surface area (Å²) in [7, 11) is 1.52. The molecule has 2 aliphatic heterocycles. The molecular weight excluding hydrogens is 1050 g/mol. The van der Waals surface area contributed by atoms with Crippen LogP contribution in [0.1, 0.15) is 76.1 Å². The van der Waals surface area contributed by atoms with Crippen molar-refractivity contribution in [1.82, 2.24) is 24.1 Å². The molecule has 0 bridgehead atoms. The summed E-state index contributed by atoms with van der Waals surface area (Å²) in [5, 5.41) is 26.0. The van der Waals surface area contributed by atoms with E-state index in [4.69, 9.17) is 25.8 Å². The number of amides is 7. The zero-order valence-corrected chi connectivity index (χ0v) is 45.1. The van der Waals surface area contributed by atoms with Crippen LogP contribution in [0.15, 0.2) is 109 Å². The van der Waals surface area contributed by atoms with Gasteiger partial charge in [-0.25, -0.2) is 14.6 Å². The molecule has 2 aromatic heterocycles. The number of phenolic OH excluding ortho intramolecular Hbond substituents is 1. The molecule has 4 N–H and O–H groups in total. The zero-order chi connectivity index (χ0) is 57.0. The summed E-state index contributed by atoms with van der Waals surface area (Å²) >= 11 is 6.63. The second kappa shape index (κ2) is 26.3. The monoisotopic (exact) mass is 1110 g/mol. The van der Waals surface area contributed by atoms with Gasteiger partial charge in [0.05, 0.1) is 31.2 Å². The number of benzene rings is 4. The number of ketones is 1. The van der Waals surface area contributed by atoms with Gasteiger partial charge in [-0.3, -0.25) is 28.9 Å². The van der Waals surface area contributed by atoms with E-state index in [2.05, 4.69) is 15.6 Å². The number of alkyl halides is 1. The van der Waals surface area contributed by atoms with E-state index in [0.717, 1.165) is 21.4 Å². The molecular formula is C58H61ClN8O13. The molecule has 0 aliphatic carbocycles. The lowest BCUT2D eigenvalue weighted by Crippen LogP contribution is -2.42. The van der Waals surface area contributed by atoms with Crippen LogP contribution in [0, 0.1) is 12.8 Å². The molecule has 2 atom stereocenters. The van der Waals surface area contributed by atoms with E-state index < -0.39 is 29.9 Å². The highest BCUT2D eigenvalue weighted by molar-refractivity contribution is 6.19. The van der Waals surface area contributed by atoms with Gasteiger partial charge in [-0.2, -0.15) is 0 Å². The molecule has 0 saturated carbocycles. The van der Waals surface area contributed by atoms with Crippen LogP contribution in [0.25, 0.3) is 16.4 Å². The van der Waals surface area contributed by atoms with Crippen molar-refractivity contribution < 1.29 is 62.8 Å². The predicted molar refractivity (Wildman–Crippen MR) is 297 cm³/mol. The summed E-state index contributed by atoms with van der Waals surface area (Å²) in [5.41, 5.74) is 4.58. The number of hydrogen-bond donors (Lipinski definition) is 4. The average Bonchev–Trinajstić information content (AvgIpc) is 4.16. The van der Waals surface area contributed by atoms with Crippen LogP contribution >= 0.6 is 11.6 Å². The van der Waals surface area contributed by atoms with Crippen molar-refractivity contribution in [2.45, 2.75) is 52.1 Å². The molecule has 4 heterocycles. The highest BCUT2D eigenvalue weighted by Gasteiger charge is 2.37. The zero-order valence-electron chi connectivity index (χ0n) is 44.4. The molecule has 0 unspecified atom stereocenters. The summed E-state index contributed by atoms with van der Waals surface area (Å²) in [6.07, 6.45) is 5.59. The number of rotatable bonds is 24. The molecule has 4 aromatic carbocycles. The van der Waals surface area contributed by atoms with Crippen LogP contribution in [-0.2, 0) is 35.3 Å². The van der Waals surface area contributed by atoms with E-state index in [0.29, 0.717) is 58.5 Å². The largest absolute Gasteiger partial charge is 0.508 e. The van der Waals surface area contributed by atoms with E-state index >= 15 is 0 Å². The third-order valence-electron chi connectivity index (χ3n) is 13.7. The Balaban J connectivity index is 0.905. The Morgan fingerprint density at radius 3 is 2.31 bits per heavy atom. The lowest BCUT2D eigenvalue weighted by atomic mass is 9.92. The van der Waals surface area contributed by atoms with Gasteiger partial charge in [0.1, 0.15) is 35.2 Å². The van der Waals surface area contributed by atoms with Crippen LogP contribution in [-0.4, -0.2) is 147 Å². The van der Waals surface area contributed by atoms with Crippen LogP contribution in [0.3, 0.4) is 0 Å². The number of aryl methyl sites for hydroxylation is 1. The fourth-order valence-corrected chi connectivity index (χ4v) is 9.79. The number of halogens is 1. The summed E-state index contributed by atoms with van der Waals surface area (Å²) in [6, 6.07) is 23.0. The topological polar surface area (TPSA) is 259 Å². The molecule has 0 saturated heterocycles. The molecule has 7 amide bonds. The number of unbranched alkanes of at least 4 members (excludes halogenated alkanes) is 1. The highest BCUT2D eigenvalue weighted by atomic mass is 35.5. The number of pyridine rings is 1. The van der Waals surface area contributed by atoms with Crippen LogP contribution in [0.5, 0.6) is 11.5 Å². The fraction of sp³-hybridized carbons (Fsp3) is 0.328. The van der Waals surface area contributed by atoms with Crippen LogP contribution in [0.2, 0.25) is 0 Å². The molecule has 0 fully saturated rings. The molecule has 6 aromatic rings. The summed E-state index contributed by atoms with van der Waals surface area (Å²) in [5.74, 6) is -2.61. The number of likely N-dealkylation sites (N-methyl/N-ethyl adjacent to an activating group) is 1. The minimum Gasteiger partial charge on any atom is -0.508 e. The number of aliphatic hydroxyl groups excluding tert-OH is 1. The van der Waals surface area contributed by atoms with Gasteiger partial charge in [0.2, 0.25) is 5.91 Å². The van der Waals surface area contributed by atoms with E-state index in [1.807, 2.05) is 25.1 Å². The number of imide groups is 1. The number of fused-ring (bicyclic) bond motifs is 4. The van der Waals surface area contributed by atoms with E-state index in [1.165, 1.54) is 60.2 Å². The van der Waals surface area contributed by atoms with Gasteiger partial charge in [0, 0.05) is 111 Å². The van der Waals surface area contributed by atoms with Crippen LogP contribution < -0.4 is 20.3 Å². The molecule has 2 aliphatic rings. The third-order valence-corrected chi connectivity index (χ3v) is 14.1. The van der Waals surface area contributed by atoms with Gasteiger partial charge in [0.25, 0.3) is 23.6 Å². The lowest BCUT2D eigenvalue weighted by Gasteiger charge is -2.26. The number of nitrogens with one attached hydrogen (secondary N) is 2. The Hall–Kier alpha value is -8.66. The van der Waals surface area contributed by atoms with Gasteiger partial charge in [-0.1, -0.05) is 36.8 Å². The Labute approximate surface area is 465 Å². The van der Waals surface area contributed by atoms with Crippen LogP contribution in [0.4, 0.5) is 26.7 Å². The van der Waals surface area contributed by atoms with Gasteiger partial charge < -0.3 is 59.0 Å². The number of carbonyl (C=O) groups is 8. The summed E-state index contributed by atoms with van der Waals surface area (Å²) < 4.78 is 18.9. The molecule has 0 radical (unpaired) electrons. The number of hydrogen-bond acceptors (Lipinski definition) is 14. The lowest BCUT2D eigenvalue weighted by molar-refractivity contribution is -0.137. The number of aliphatic hydroxyl groups is 1. The number of Topliss-reactive ketones (excluding diaryl/α,β-unsaturated/α-hetero) is 1. The number of anilines is 3. The quantitative estimate of drug-likeness (QED) is 0.0261. The molecule has 21 nitrogen and oxygen atoms in total. The molecule has 0 spiro atoms. The van der Waals surface area contributed by atoms with Crippen molar-refractivity contribution in [3.63, 3.8) is 0 Å². The van der Waals surface area contributed by atoms with Gasteiger partial charge in [-0.15, -0.1) is 11.6 Å². The van der Waals surface area contributed by atoms with Crippen molar-refractivity contribution in [1.29, 1.82) is 0 Å². The third kappa shape index (κ3) is 14.0. The Morgan fingerprint density at radius 2 is 1.60 bits per heavy atom. The number of carbonyl (C=O) groups excluding carboxylic acids is 8. The maximum atomic E-state index is 14.5. The van der Waals surface area contributed by atoms with E-state index in [1.54, 1.807) is 64.2 Å². The summed E-state index contributed by atoms with van der Waals surface area (Å²) in [6.45, 7) is 3.51. The minimum atomic E-state index is -0.772. The number of aromatic hydroxyl groups is 1. The number of nitrogens with zero attached hydrogens (tertiary/aromatic N) is 6. The highest BCUT2D eigenvalue weighted by Crippen LogP contribution is 2.47. The average molecular weight is 1110 g/mol. The molecule has 22 heteroatoms. The second-order valence-corrected chi connectivity index (χ2v) is 19.8. The number of phenols is 1. The molecule has 8 rings (SSSR count). The first-order chi connectivity index (χ1) is 38.5. The SMILES string of the molecule is CC(=O)C[C@@H](CCCCN1C(=O)C=CC1=O)C(=O)Nc1ccc(COC(=O)N(C)CCN(CCOCCO)C(=O)Oc2cc3c(c4c(C)cccc24)[C@H](CCl)CN3C(=O)c2cn3cc(NC(=O)c4ccc(O)cc4)ccc3n2)cc1. The second-order valence-electron chi connectivity index (χ2n) is 19.5. The smallest absolute Gasteiger partial charge is 0.415 e. The van der Waals surface area contributed by atoms with E-state index in [9.17, 15) is 48.6 Å². The molecule has 80 heavy (non-hydrogen) atoms. The van der Waals surface area contributed by atoms with Crippen molar-refractivity contribution in [3.05, 3.63) is 137 Å². The Kier molecular flexibility index (Phi) is 18.9. The van der Waals surface area contributed by atoms with Crippen molar-refractivity contribution in [2.24, 2.45) is 5.92 Å². The minimum absolute atomic E-state index is 0.0149. The maximum absolute atomic E-state index is 14.5. The van der Waals surface area contributed by atoms with Crippen molar-refractivity contribution >= 4 is 92.6 Å². The first-order valence-electron chi connectivity index (χ1n) is 26.0. The Bertz CT molecular complexity index is 3330. The number of aromatic nitrogens is 2. The fourth-order valence-electron chi connectivity index (χ4n) is 9.54. The van der Waals surface area contributed by atoms with Gasteiger partial charge in [0.15, 0.2) is 0 Å². The van der Waals surface area contributed by atoms with Gasteiger partial charge in [-0.05, 0) is 97.3 Å². The van der Waals surface area contributed by atoms with Crippen molar-refractivity contribution in [3.8, 4) is 11.5 Å². The molecule has 418 valence electrons. The first-order valence-corrected chi connectivity index (χ1v) is 26.5. The normalized spacial score (nSPS) is 14.1.